The number of carbonyl (C=O) groups excluding carboxylic acids is 2. The van der Waals surface area contributed by atoms with E-state index in [1.54, 1.807) is 12.1 Å². The van der Waals surface area contributed by atoms with Gasteiger partial charge in [-0.15, -0.1) is 5.10 Å². The highest BCUT2D eigenvalue weighted by Gasteiger charge is 2.24. The number of ether oxygens (including phenoxy) is 1. The fourth-order valence-corrected chi connectivity index (χ4v) is 2.08. The molecule has 0 radical (unpaired) electrons. The number of nitrogens with zero attached hydrogens (tertiary/aromatic N) is 2. The number of amides is 1. The van der Waals surface area contributed by atoms with Crippen LogP contribution >= 0.6 is 11.8 Å². The van der Waals surface area contributed by atoms with Crippen LogP contribution in [0.2, 0.25) is 0 Å². The van der Waals surface area contributed by atoms with E-state index in [-0.39, 0.29) is 15.9 Å². The molecule has 0 atom stereocenters. The zero-order chi connectivity index (χ0) is 15.2. The molecule has 1 amide bonds. The molecule has 0 unspecified atom stereocenters. The number of benzene rings is 1. The van der Waals surface area contributed by atoms with Crippen molar-refractivity contribution in [3.05, 3.63) is 46.6 Å². The van der Waals surface area contributed by atoms with E-state index in [0.29, 0.717) is 5.56 Å². The summed E-state index contributed by atoms with van der Waals surface area (Å²) in [6.45, 7) is 0. The SMILES string of the molecule is COC(=O)/C=C1/S/C(=N\N=C/c2ccc(F)cc2)NC1=O. The minimum Gasteiger partial charge on any atom is -0.466 e. The lowest BCUT2D eigenvalue weighted by molar-refractivity contribution is -0.135. The van der Waals surface area contributed by atoms with Gasteiger partial charge in [0.15, 0.2) is 5.17 Å². The van der Waals surface area contributed by atoms with Crippen LogP contribution in [0.5, 0.6) is 0 Å². The van der Waals surface area contributed by atoms with Crippen molar-refractivity contribution in [2.75, 3.05) is 7.11 Å². The highest BCUT2D eigenvalue weighted by molar-refractivity contribution is 8.18. The van der Waals surface area contributed by atoms with Crippen molar-refractivity contribution in [2.24, 2.45) is 10.2 Å². The number of hydrogen-bond acceptors (Lipinski definition) is 6. The van der Waals surface area contributed by atoms with Gasteiger partial charge in [0, 0.05) is 6.08 Å². The first-order valence-corrected chi connectivity index (χ1v) is 6.55. The van der Waals surface area contributed by atoms with Gasteiger partial charge >= 0.3 is 5.97 Å². The summed E-state index contributed by atoms with van der Waals surface area (Å²) >= 11 is 0.976. The molecule has 108 valence electrons. The summed E-state index contributed by atoms with van der Waals surface area (Å²) < 4.78 is 17.1. The van der Waals surface area contributed by atoms with E-state index in [1.165, 1.54) is 25.5 Å². The maximum Gasteiger partial charge on any atom is 0.331 e. The first kappa shape index (κ1) is 14.9. The zero-order valence-electron chi connectivity index (χ0n) is 10.9. The minimum atomic E-state index is -0.622. The molecule has 2 rings (SSSR count). The molecular formula is C13H10FN3O3S. The Morgan fingerprint density at radius 2 is 2.10 bits per heavy atom. The number of methoxy groups -OCH3 is 1. The summed E-state index contributed by atoms with van der Waals surface area (Å²) in [5.74, 6) is -1.40. The second-order valence-corrected chi connectivity index (χ2v) is 4.82. The van der Waals surface area contributed by atoms with Gasteiger partial charge in [0.1, 0.15) is 5.82 Å². The molecule has 21 heavy (non-hydrogen) atoms. The molecule has 1 saturated heterocycles. The van der Waals surface area contributed by atoms with Crippen LogP contribution in [0.25, 0.3) is 0 Å². The summed E-state index contributed by atoms with van der Waals surface area (Å²) in [7, 11) is 1.22. The Hall–Kier alpha value is -2.48. The van der Waals surface area contributed by atoms with E-state index < -0.39 is 11.9 Å². The molecule has 1 fully saturated rings. The summed E-state index contributed by atoms with van der Waals surface area (Å²) in [6.07, 6.45) is 2.49. The number of hydrogen-bond donors (Lipinski definition) is 1. The third kappa shape index (κ3) is 4.25. The summed E-state index contributed by atoms with van der Waals surface area (Å²) in [6, 6.07) is 5.69. The fraction of sp³-hybridized carbons (Fsp3) is 0.0769. The number of halogens is 1. The molecule has 1 aliphatic heterocycles. The zero-order valence-corrected chi connectivity index (χ0v) is 11.7. The third-order valence-electron chi connectivity index (χ3n) is 2.33. The lowest BCUT2D eigenvalue weighted by Gasteiger charge is -1.91. The lowest BCUT2D eigenvalue weighted by Crippen LogP contribution is -2.19. The Morgan fingerprint density at radius 3 is 2.76 bits per heavy atom. The Morgan fingerprint density at radius 1 is 1.38 bits per heavy atom. The number of rotatable bonds is 3. The molecule has 0 saturated carbocycles. The fourth-order valence-electron chi connectivity index (χ4n) is 1.34. The van der Waals surface area contributed by atoms with Gasteiger partial charge in [0.2, 0.25) is 0 Å². The average Bonchev–Trinajstić information content (AvgIpc) is 2.81. The molecule has 0 aliphatic carbocycles. The van der Waals surface area contributed by atoms with E-state index in [0.717, 1.165) is 17.8 Å². The lowest BCUT2D eigenvalue weighted by atomic mass is 10.2. The number of amidine groups is 1. The number of carbonyl (C=O) groups is 2. The molecule has 1 aromatic rings. The van der Waals surface area contributed by atoms with Crippen LogP contribution in [-0.2, 0) is 14.3 Å². The molecule has 0 aromatic heterocycles. The molecule has 1 aromatic carbocycles. The van der Waals surface area contributed by atoms with Crippen molar-refractivity contribution in [1.29, 1.82) is 0 Å². The third-order valence-corrected chi connectivity index (χ3v) is 3.23. The monoisotopic (exact) mass is 307 g/mol. The van der Waals surface area contributed by atoms with Crippen molar-refractivity contribution in [3.63, 3.8) is 0 Å². The van der Waals surface area contributed by atoms with Crippen LogP contribution in [0.3, 0.4) is 0 Å². The summed E-state index contributed by atoms with van der Waals surface area (Å²) in [5, 5.41) is 10.3. The minimum absolute atomic E-state index is 0.178. The maximum absolute atomic E-state index is 12.7. The largest absolute Gasteiger partial charge is 0.466 e. The molecule has 1 heterocycles. The number of thioether (sulfide) groups is 1. The van der Waals surface area contributed by atoms with E-state index in [1.807, 2.05) is 0 Å². The molecule has 0 bridgehead atoms. The van der Waals surface area contributed by atoms with Gasteiger partial charge in [0.25, 0.3) is 5.91 Å². The Balaban J connectivity index is 2.03. The maximum atomic E-state index is 12.7. The summed E-state index contributed by atoms with van der Waals surface area (Å²) in [5.41, 5.74) is 0.667. The predicted molar refractivity (Wildman–Crippen MR) is 77.3 cm³/mol. The normalized spacial score (nSPS) is 18.5. The van der Waals surface area contributed by atoms with Gasteiger partial charge in [-0.2, -0.15) is 5.10 Å². The van der Waals surface area contributed by atoms with E-state index in [9.17, 15) is 14.0 Å². The van der Waals surface area contributed by atoms with E-state index >= 15 is 0 Å². The summed E-state index contributed by atoms with van der Waals surface area (Å²) in [4.78, 5) is 22.8. The smallest absolute Gasteiger partial charge is 0.331 e. The van der Waals surface area contributed by atoms with Crippen LogP contribution in [-0.4, -0.2) is 30.4 Å². The standard InChI is InChI=1S/C13H10FN3O3S/c1-20-11(18)6-10-12(19)16-13(21-10)17-15-7-8-2-4-9(14)5-3-8/h2-7H,1H3,(H,16,17,19)/b10-6+,15-7-. The first-order valence-electron chi connectivity index (χ1n) is 5.74. The number of esters is 1. The van der Waals surface area contributed by atoms with Crippen molar-refractivity contribution >= 4 is 35.0 Å². The van der Waals surface area contributed by atoms with Crippen LogP contribution < -0.4 is 5.32 Å². The van der Waals surface area contributed by atoms with Gasteiger partial charge in [0.05, 0.1) is 18.2 Å². The van der Waals surface area contributed by atoms with Crippen LogP contribution in [0.15, 0.2) is 45.4 Å². The highest BCUT2D eigenvalue weighted by Crippen LogP contribution is 2.23. The van der Waals surface area contributed by atoms with E-state index in [2.05, 4.69) is 20.3 Å². The Kier molecular flexibility index (Phi) is 4.83. The Bertz CT molecular complexity index is 653. The number of nitrogens with one attached hydrogen (secondary N) is 1. The van der Waals surface area contributed by atoms with Gasteiger partial charge < -0.3 is 4.74 Å². The van der Waals surface area contributed by atoms with Crippen molar-refractivity contribution < 1.29 is 18.7 Å². The predicted octanol–water partition coefficient (Wildman–Crippen LogP) is 1.44. The van der Waals surface area contributed by atoms with Crippen molar-refractivity contribution in [3.8, 4) is 0 Å². The molecule has 6 nitrogen and oxygen atoms in total. The molecular weight excluding hydrogens is 297 g/mol. The van der Waals surface area contributed by atoms with Gasteiger partial charge in [-0.25, -0.2) is 9.18 Å². The van der Waals surface area contributed by atoms with Gasteiger partial charge in [-0.05, 0) is 29.5 Å². The average molecular weight is 307 g/mol. The van der Waals surface area contributed by atoms with Gasteiger partial charge in [-0.1, -0.05) is 12.1 Å². The van der Waals surface area contributed by atoms with Crippen molar-refractivity contribution in [1.82, 2.24) is 5.32 Å². The quantitative estimate of drug-likeness (QED) is 0.396. The second kappa shape index (κ2) is 6.80. The molecule has 1 aliphatic rings. The van der Waals surface area contributed by atoms with Crippen LogP contribution in [0.4, 0.5) is 4.39 Å². The van der Waals surface area contributed by atoms with Crippen LogP contribution in [0, 0.1) is 5.82 Å². The highest BCUT2D eigenvalue weighted by atomic mass is 32.2. The topological polar surface area (TPSA) is 80.1 Å². The second-order valence-electron chi connectivity index (χ2n) is 3.79. The van der Waals surface area contributed by atoms with Gasteiger partial charge in [-0.3, -0.25) is 10.1 Å². The van der Waals surface area contributed by atoms with E-state index in [4.69, 9.17) is 0 Å². The molecule has 8 heteroatoms. The molecule has 1 N–H and O–H groups in total. The Labute approximate surface area is 123 Å². The first-order chi connectivity index (χ1) is 10.1. The molecule has 0 spiro atoms. The van der Waals surface area contributed by atoms with Crippen molar-refractivity contribution in [2.45, 2.75) is 0 Å². The van der Waals surface area contributed by atoms with Crippen LogP contribution in [0.1, 0.15) is 5.56 Å².